The first-order chi connectivity index (χ1) is 10.9. The lowest BCUT2D eigenvalue weighted by atomic mass is 10.1. The summed E-state index contributed by atoms with van der Waals surface area (Å²) in [6.07, 6.45) is 0.751. The predicted octanol–water partition coefficient (Wildman–Crippen LogP) is 1.68. The highest BCUT2D eigenvalue weighted by molar-refractivity contribution is 5.99. The third kappa shape index (κ3) is 5.41. The van der Waals surface area contributed by atoms with Crippen molar-refractivity contribution >= 4 is 11.6 Å². The predicted molar refractivity (Wildman–Crippen MR) is 86.3 cm³/mol. The molecule has 23 heavy (non-hydrogen) atoms. The van der Waals surface area contributed by atoms with Crippen molar-refractivity contribution in [2.24, 2.45) is 0 Å². The molecule has 0 saturated carbocycles. The minimum absolute atomic E-state index is 0.0415. The van der Waals surface area contributed by atoms with E-state index >= 15 is 0 Å². The van der Waals surface area contributed by atoms with E-state index in [1.165, 1.54) is 19.2 Å². The largest absolute Gasteiger partial charge is 0.493 e. The third-order valence-electron chi connectivity index (χ3n) is 3.09. The fourth-order valence-corrected chi connectivity index (χ4v) is 2.00. The number of nitro benzene ring substituents is 1. The van der Waals surface area contributed by atoms with Gasteiger partial charge in [0.25, 0.3) is 11.6 Å². The summed E-state index contributed by atoms with van der Waals surface area (Å²) in [6.45, 7) is 3.35. The Labute approximate surface area is 135 Å². The maximum atomic E-state index is 12.2. The van der Waals surface area contributed by atoms with Crippen LogP contribution in [-0.4, -0.2) is 56.6 Å². The van der Waals surface area contributed by atoms with E-state index in [1.54, 1.807) is 6.92 Å². The van der Waals surface area contributed by atoms with Crippen molar-refractivity contribution in [3.8, 4) is 11.5 Å². The van der Waals surface area contributed by atoms with E-state index < -0.39 is 10.8 Å². The van der Waals surface area contributed by atoms with E-state index in [9.17, 15) is 14.9 Å². The van der Waals surface area contributed by atoms with Crippen LogP contribution < -0.4 is 14.8 Å². The molecule has 1 N–H and O–H groups in total. The quantitative estimate of drug-likeness (QED) is 0.422. The molecule has 0 bridgehead atoms. The molecule has 0 aliphatic carbocycles. The van der Waals surface area contributed by atoms with Crippen LogP contribution in [-0.2, 0) is 0 Å². The Balaban J connectivity index is 2.98. The molecule has 0 aliphatic heterocycles. The van der Waals surface area contributed by atoms with Crippen molar-refractivity contribution in [2.45, 2.75) is 13.3 Å². The molecule has 0 spiro atoms. The molecule has 1 rings (SSSR count). The van der Waals surface area contributed by atoms with E-state index in [2.05, 4.69) is 5.32 Å². The second kappa shape index (κ2) is 8.94. The number of nitrogens with one attached hydrogen (secondary N) is 1. The van der Waals surface area contributed by atoms with Gasteiger partial charge in [-0.05, 0) is 34.0 Å². The van der Waals surface area contributed by atoms with Gasteiger partial charge >= 0.3 is 0 Å². The first-order valence-electron chi connectivity index (χ1n) is 7.32. The van der Waals surface area contributed by atoms with Crippen LogP contribution in [0.25, 0.3) is 0 Å². The minimum atomic E-state index is -0.601. The van der Waals surface area contributed by atoms with E-state index in [0.717, 1.165) is 13.0 Å². The highest BCUT2D eigenvalue weighted by atomic mass is 16.6. The number of nitrogens with zero attached hydrogens (tertiary/aromatic N) is 2. The van der Waals surface area contributed by atoms with E-state index in [1.807, 2.05) is 19.0 Å². The molecule has 1 aromatic carbocycles. The lowest BCUT2D eigenvalue weighted by Crippen LogP contribution is -2.27. The van der Waals surface area contributed by atoms with Crippen molar-refractivity contribution in [1.29, 1.82) is 0 Å². The van der Waals surface area contributed by atoms with Gasteiger partial charge in [-0.1, -0.05) is 0 Å². The average molecular weight is 325 g/mol. The highest BCUT2D eigenvalue weighted by Crippen LogP contribution is 2.34. The van der Waals surface area contributed by atoms with Gasteiger partial charge in [-0.3, -0.25) is 14.9 Å². The minimum Gasteiger partial charge on any atom is -0.493 e. The lowest BCUT2D eigenvalue weighted by Gasteiger charge is -2.12. The van der Waals surface area contributed by atoms with Crippen molar-refractivity contribution < 1.29 is 19.2 Å². The lowest BCUT2D eigenvalue weighted by molar-refractivity contribution is -0.385. The Hall–Kier alpha value is -2.35. The van der Waals surface area contributed by atoms with E-state index in [0.29, 0.717) is 13.2 Å². The first kappa shape index (κ1) is 18.7. The second-order valence-electron chi connectivity index (χ2n) is 5.12. The Bertz CT molecular complexity index is 560. The molecule has 0 aliphatic rings. The Morgan fingerprint density at radius 3 is 2.57 bits per heavy atom. The number of hydrogen-bond acceptors (Lipinski definition) is 6. The zero-order valence-corrected chi connectivity index (χ0v) is 13.9. The molecular weight excluding hydrogens is 302 g/mol. The van der Waals surface area contributed by atoms with Gasteiger partial charge in [0.05, 0.1) is 24.7 Å². The SMILES string of the molecule is CCOc1cc([N+](=O)[O-])c(C(=O)NCCCN(C)C)cc1OC. The van der Waals surface area contributed by atoms with Crippen LogP contribution in [0.2, 0.25) is 0 Å². The number of carbonyl (C=O) groups is 1. The number of methoxy groups -OCH3 is 1. The van der Waals surface area contributed by atoms with Gasteiger partial charge in [-0.25, -0.2) is 0 Å². The molecule has 8 heteroatoms. The number of carbonyl (C=O) groups excluding carboxylic acids is 1. The molecule has 0 saturated heterocycles. The van der Waals surface area contributed by atoms with Crippen molar-refractivity contribution in [2.75, 3.05) is 40.9 Å². The summed E-state index contributed by atoms with van der Waals surface area (Å²) in [5, 5.41) is 13.9. The number of ether oxygens (including phenoxy) is 2. The highest BCUT2D eigenvalue weighted by Gasteiger charge is 2.24. The molecule has 8 nitrogen and oxygen atoms in total. The molecule has 0 atom stereocenters. The zero-order chi connectivity index (χ0) is 17.4. The van der Waals surface area contributed by atoms with E-state index in [4.69, 9.17) is 9.47 Å². The van der Waals surface area contributed by atoms with Crippen LogP contribution in [0.1, 0.15) is 23.7 Å². The van der Waals surface area contributed by atoms with Crippen LogP contribution in [0.15, 0.2) is 12.1 Å². The molecule has 128 valence electrons. The maximum absolute atomic E-state index is 12.2. The van der Waals surface area contributed by atoms with Gasteiger partial charge < -0.3 is 19.7 Å². The summed E-state index contributed by atoms with van der Waals surface area (Å²) in [7, 11) is 5.29. The van der Waals surface area contributed by atoms with Gasteiger partial charge in [0.15, 0.2) is 11.5 Å². The Kier molecular flexibility index (Phi) is 7.27. The summed E-state index contributed by atoms with van der Waals surface area (Å²) in [6, 6.07) is 2.56. The summed E-state index contributed by atoms with van der Waals surface area (Å²) in [4.78, 5) is 24.8. The molecule has 1 amide bonds. The number of nitro groups is 1. The van der Waals surface area contributed by atoms with Gasteiger partial charge in [-0.2, -0.15) is 0 Å². The molecule has 0 radical (unpaired) electrons. The van der Waals surface area contributed by atoms with E-state index in [-0.39, 0.29) is 22.7 Å². The summed E-state index contributed by atoms with van der Waals surface area (Å²) in [5.41, 5.74) is -0.348. The molecular formula is C15H23N3O5. The molecule has 0 aromatic heterocycles. The number of hydrogen-bond donors (Lipinski definition) is 1. The Morgan fingerprint density at radius 1 is 1.35 bits per heavy atom. The molecule has 0 heterocycles. The maximum Gasteiger partial charge on any atom is 0.286 e. The normalized spacial score (nSPS) is 10.5. The monoisotopic (exact) mass is 325 g/mol. The van der Waals surface area contributed by atoms with Crippen molar-refractivity contribution in [3.63, 3.8) is 0 Å². The van der Waals surface area contributed by atoms with Crippen LogP contribution in [0.5, 0.6) is 11.5 Å². The van der Waals surface area contributed by atoms with Crippen LogP contribution >= 0.6 is 0 Å². The van der Waals surface area contributed by atoms with Gasteiger partial charge in [0, 0.05) is 12.6 Å². The molecule has 1 aromatic rings. The fraction of sp³-hybridized carbons (Fsp3) is 0.533. The standard InChI is InChI=1S/C15H23N3O5/c1-5-23-14-10-12(18(20)21)11(9-13(14)22-4)15(19)16-7-6-8-17(2)3/h9-10H,5-8H2,1-4H3,(H,16,19). The summed E-state index contributed by atoms with van der Waals surface area (Å²) >= 11 is 0. The van der Waals surface area contributed by atoms with Crippen LogP contribution in [0.4, 0.5) is 5.69 Å². The van der Waals surface area contributed by atoms with Crippen LogP contribution in [0, 0.1) is 10.1 Å². The number of benzene rings is 1. The smallest absolute Gasteiger partial charge is 0.286 e. The second-order valence-corrected chi connectivity index (χ2v) is 5.12. The van der Waals surface area contributed by atoms with Gasteiger partial charge in [0.1, 0.15) is 5.56 Å². The average Bonchev–Trinajstić information content (AvgIpc) is 2.50. The zero-order valence-electron chi connectivity index (χ0n) is 13.9. The van der Waals surface area contributed by atoms with Crippen LogP contribution in [0.3, 0.4) is 0 Å². The summed E-state index contributed by atoms with van der Waals surface area (Å²) < 4.78 is 10.5. The number of rotatable bonds is 9. The first-order valence-corrected chi connectivity index (χ1v) is 7.32. The topological polar surface area (TPSA) is 93.9 Å². The fourth-order valence-electron chi connectivity index (χ4n) is 2.00. The third-order valence-corrected chi connectivity index (χ3v) is 3.09. The molecule has 0 unspecified atom stereocenters. The summed E-state index contributed by atoms with van der Waals surface area (Å²) in [5.74, 6) is 0.0264. The van der Waals surface area contributed by atoms with Gasteiger partial charge in [0.2, 0.25) is 0 Å². The number of amides is 1. The Morgan fingerprint density at radius 2 is 2.04 bits per heavy atom. The van der Waals surface area contributed by atoms with Crippen molar-refractivity contribution in [1.82, 2.24) is 10.2 Å². The molecule has 0 fully saturated rings. The van der Waals surface area contributed by atoms with Crippen molar-refractivity contribution in [3.05, 3.63) is 27.8 Å². The van der Waals surface area contributed by atoms with Gasteiger partial charge in [-0.15, -0.1) is 0 Å².